The van der Waals surface area contributed by atoms with Gasteiger partial charge in [0.25, 0.3) is 0 Å². The molecule has 0 saturated carbocycles. The van der Waals surface area contributed by atoms with Crippen LogP contribution in [0.2, 0.25) is 5.02 Å². The van der Waals surface area contributed by atoms with Gasteiger partial charge in [-0.2, -0.15) is 4.98 Å². The summed E-state index contributed by atoms with van der Waals surface area (Å²) in [6, 6.07) is 7.65. The number of hydrogen-bond donors (Lipinski definition) is 1. The Hall–Kier alpha value is -1.43. The number of aliphatic hydroxyl groups excluding tert-OH is 1. The summed E-state index contributed by atoms with van der Waals surface area (Å²) in [7, 11) is 0. The van der Waals surface area contributed by atoms with Crippen LogP contribution in [0.1, 0.15) is 30.1 Å². The van der Waals surface area contributed by atoms with Crippen LogP contribution >= 0.6 is 11.6 Å². The minimum atomic E-state index is -0.246. The van der Waals surface area contributed by atoms with Crippen molar-refractivity contribution in [2.45, 2.75) is 31.9 Å². The zero-order chi connectivity index (χ0) is 14.7. The van der Waals surface area contributed by atoms with E-state index in [0.717, 1.165) is 24.9 Å². The fourth-order valence-corrected chi connectivity index (χ4v) is 2.81. The molecule has 0 radical (unpaired) electrons. The predicted molar refractivity (Wildman–Crippen MR) is 79.1 cm³/mol. The van der Waals surface area contributed by atoms with Crippen molar-refractivity contribution in [1.82, 2.24) is 15.0 Å². The van der Waals surface area contributed by atoms with Crippen molar-refractivity contribution in [2.75, 3.05) is 13.1 Å². The van der Waals surface area contributed by atoms with Crippen molar-refractivity contribution < 1.29 is 9.63 Å². The van der Waals surface area contributed by atoms with Crippen molar-refractivity contribution in [3.05, 3.63) is 46.6 Å². The van der Waals surface area contributed by atoms with Crippen molar-refractivity contribution in [3.63, 3.8) is 0 Å². The average Bonchev–Trinajstić information content (AvgIpc) is 2.89. The lowest BCUT2D eigenvalue weighted by atomic mass is 10.1. The number of benzene rings is 1. The minimum Gasteiger partial charge on any atom is -0.392 e. The van der Waals surface area contributed by atoms with Gasteiger partial charge in [0.2, 0.25) is 5.89 Å². The Labute approximate surface area is 128 Å². The van der Waals surface area contributed by atoms with Gasteiger partial charge in [0, 0.05) is 18.0 Å². The highest BCUT2D eigenvalue weighted by Crippen LogP contribution is 2.18. The molecule has 112 valence electrons. The molecule has 1 saturated heterocycles. The van der Waals surface area contributed by atoms with Crippen LogP contribution in [0.15, 0.2) is 28.8 Å². The number of halogens is 1. The highest BCUT2D eigenvalue weighted by molar-refractivity contribution is 6.31. The Morgan fingerprint density at radius 1 is 1.38 bits per heavy atom. The van der Waals surface area contributed by atoms with E-state index in [-0.39, 0.29) is 6.10 Å². The maximum Gasteiger partial charge on any atom is 0.240 e. The van der Waals surface area contributed by atoms with E-state index >= 15 is 0 Å². The van der Waals surface area contributed by atoms with Crippen LogP contribution in [-0.2, 0) is 13.0 Å². The third-order valence-corrected chi connectivity index (χ3v) is 4.02. The lowest BCUT2D eigenvalue weighted by Gasteiger charge is -2.28. The van der Waals surface area contributed by atoms with Gasteiger partial charge in [-0.1, -0.05) is 35.0 Å². The van der Waals surface area contributed by atoms with Gasteiger partial charge in [0.15, 0.2) is 5.82 Å². The largest absolute Gasteiger partial charge is 0.392 e. The van der Waals surface area contributed by atoms with Gasteiger partial charge in [-0.25, -0.2) is 0 Å². The second-order valence-corrected chi connectivity index (χ2v) is 5.81. The fraction of sp³-hybridized carbons (Fsp3) is 0.467. The summed E-state index contributed by atoms with van der Waals surface area (Å²) < 4.78 is 5.29. The molecule has 0 spiro atoms. The third kappa shape index (κ3) is 3.81. The highest BCUT2D eigenvalue weighted by Gasteiger charge is 2.20. The standard InChI is InChI=1S/C15H18ClN3O2/c16-13-6-2-1-4-11(13)8-14-17-15(21-18-14)10-19-7-3-5-12(20)9-19/h1-2,4,6,12,20H,3,5,7-10H2/t12-/m1/s1. The van der Waals surface area contributed by atoms with Gasteiger partial charge < -0.3 is 9.63 Å². The predicted octanol–water partition coefficient (Wildman–Crippen LogP) is 2.27. The summed E-state index contributed by atoms with van der Waals surface area (Å²) >= 11 is 6.13. The number of nitrogens with zero attached hydrogens (tertiary/aromatic N) is 3. The van der Waals surface area contributed by atoms with Crippen molar-refractivity contribution in [1.29, 1.82) is 0 Å². The first kappa shape index (κ1) is 14.5. The second kappa shape index (κ2) is 6.56. The Bertz CT molecular complexity index is 602. The van der Waals surface area contributed by atoms with Gasteiger partial charge in [-0.15, -0.1) is 0 Å². The molecule has 1 N–H and O–H groups in total. The monoisotopic (exact) mass is 307 g/mol. The lowest BCUT2D eigenvalue weighted by molar-refractivity contribution is 0.0613. The first-order valence-electron chi connectivity index (χ1n) is 7.16. The number of aromatic nitrogens is 2. The summed E-state index contributed by atoms with van der Waals surface area (Å²) in [6.07, 6.45) is 2.19. The summed E-state index contributed by atoms with van der Waals surface area (Å²) in [4.78, 5) is 6.55. The smallest absolute Gasteiger partial charge is 0.240 e. The van der Waals surface area contributed by atoms with E-state index in [9.17, 15) is 5.11 Å². The topological polar surface area (TPSA) is 62.4 Å². The molecule has 21 heavy (non-hydrogen) atoms. The van der Waals surface area contributed by atoms with Crippen LogP contribution in [0.3, 0.4) is 0 Å². The van der Waals surface area contributed by atoms with Gasteiger partial charge in [-0.3, -0.25) is 4.90 Å². The summed E-state index contributed by atoms with van der Waals surface area (Å²) in [5, 5.41) is 14.4. The first-order valence-corrected chi connectivity index (χ1v) is 7.54. The molecule has 1 aliphatic rings. The average molecular weight is 308 g/mol. The van der Waals surface area contributed by atoms with Crippen LogP contribution in [-0.4, -0.2) is 39.3 Å². The number of likely N-dealkylation sites (tertiary alicyclic amines) is 1. The van der Waals surface area contributed by atoms with Crippen molar-refractivity contribution >= 4 is 11.6 Å². The quantitative estimate of drug-likeness (QED) is 0.939. The molecule has 1 aromatic heterocycles. The number of rotatable bonds is 4. The lowest BCUT2D eigenvalue weighted by Crippen LogP contribution is -2.37. The highest BCUT2D eigenvalue weighted by atomic mass is 35.5. The number of aliphatic hydroxyl groups is 1. The SMILES string of the molecule is O[C@@H]1CCCN(Cc2nc(Cc3ccccc3Cl)no2)C1. The van der Waals surface area contributed by atoms with E-state index in [1.807, 2.05) is 24.3 Å². The zero-order valence-corrected chi connectivity index (χ0v) is 12.5. The van der Waals surface area contributed by atoms with E-state index in [4.69, 9.17) is 16.1 Å². The van der Waals surface area contributed by atoms with Crippen LogP contribution in [0.4, 0.5) is 0 Å². The van der Waals surface area contributed by atoms with E-state index in [1.54, 1.807) is 0 Å². The third-order valence-electron chi connectivity index (χ3n) is 3.66. The Balaban J connectivity index is 1.62. The van der Waals surface area contributed by atoms with Gasteiger partial charge in [0.1, 0.15) is 0 Å². The zero-order valence-electron chi connectivity index (χ0n) is 11.7. The first-order chi connectivity index (χ1) is 10.2. The molecule has 3 rings (SSSR count). The van der Waals surface area contributed by atoms with Gasteiger partial charge >= 0.3 is 0 Å². The Kier molecular flexibility index (Phi) is 4.53. The molecule has 1 aromatic carbocycles. The number of piperidine rings is 1. The van der Waals surface area contributed by atoms with Crippen LogP contribution < -0.4 is 0 Å². The van der Waals surface area contributed by atoms with E-state index in [1.165, 1.54) is 0 Å². The minimum absolute atomic E-state index is 0.246. The Morgan fingerprint density at radius 2 is 2.24 bits per heavy atom. The maximum absolute atomic E-state index is 9.67. The van der Waals surface area contributed by atoms with E-state index in [0.29, 0.717) is 36.2 Å². The molecule has 0 amide bonds. The fourth-order valence-electron chi connectivity index (χ4n) is 2.60. The second-order valence-electron chi connectivity index (χ2n) is 5.40. The molecular weight excluding hydrogens is 290 g/mol. The van der Waals surface area contributed by atoms with Crippen molar-refractivity contribution in [2.24, 2.45) is 0 Å². The molecule has 1 fully saturated rings. The van der Waals surface area contributed by atoms with E-state index < -0.39 is 0 Å². The maximum atomic E-state index is 9.67. The molecule has 1 aliphatic heterocycles. The molecule has 5 nitrogen and oxygen atoms in total. The molecule has 6 heteroatoms. The summed E-state index contributed by atoms with van der Waals surface area (Å²) in [5.74, 6) is 1.22. The summed E-state index contributed by atoms with van der Waals surface area (Å²) in [5.41, 5.74) is 0.986. The summed E-state index contributed by atoms with van der Waals surface area (Å²) in [6.45, 7) is 2.22. The van der Waals surface area contributed by atoms with Gasteiger partial charge in [-0.05, 0) is 31.0 Å². The van der Waals surface area contributed by atoms with Crippen LogP contribution in [0.25, 0.3) is 0 Å². The molecule has 0 aliphatic carbocycles. The van der Waals surface area contributed by atoms with Crippen molar-refractivity contribution in [3.8, 4) is 0 Å². The molecule has 1 atom stereocenters. The van der Waals surface area contributed by atoms with Crippen LogP contribution in [0, 0.1) is 0 Å². The number of hydrogen-bond acceptors (Lipinski definition) is 5. The molecule has 2 heterocycles. The molecular formula is C15H18ClN3O2. The number of β-amino-alcohol motifs (C(OH)–C–C–N with tert-alkyl or cyclic N) is 1. The molecule has 2 aromatic rings. The Morgan fingerprint density at radius 3 is 3.05 bits per heavy atom. The molecule has 0 bridgehead atoms. The van der Waals surface area contributed by atoms with Gasteiger partial charge in [0.05, 0.1) is 12.6 Å². The van der Waals surface area contributed by atoms with Crippen LogP contribution in [0.5, 0.6) is 0 Å². The normalized spacial score (nSPS) is 19.8. The van der Waals surface area contributed by atoms with E-state index in [2.05, 4.69) is 15.0 Å². The molecule has 0 unspecified atom stereocenters.